The summed E-state index contributed by atoms with van der Waals surface area (Å²) in [5.41, 5.74) is 4.95. The second-order valence-corrected chi connectivity index (χ2v) is 6.80. The molecule has 0 saturated carbocycles. The molecule has 0 heterocycles. The molecule has 0 bridgehead atoms. The van der Waals surface area contributed by atoms with Gasteiger partial charge in [-0.25, -0.2) is 0 Å². The van der Waals surface area contributed by atoms with Crippen LogP contribution in [0.1, 0.15) is 41.6 Å². The van der Waals surface area contributed by atoms with Crippen LogP contribution in [0, 0.1) is 13.8 Å². The van der Waals surface area contributed by atoms with Crippen molar-refractivity contribution in [3.8, 4) is 0 Å². The summed E-state index contributed by atoms with van der Waals surface area (Å²) in [5.74, 6) is 0. The van der Waals surface area contributed by atoms with Gasteiger partial charge in [-0.3, -0.25) is 0 Å². The van der Waals surface area contributed by atoms with Crippen LogP contribution in [0.4, 0.5) is 0 Å². The number of hydrogen-bond donors (Lipinski definition) is 1. The third-order valence-corrected chi connectivity index (χ3v) is 4.27. The third-order valence-electron chi connectivity index (χ3n) is 3.45. The van der Waals surface area contributed by atoms with Crippen LogP contribution in [0.5, 0.6) is 0 Å². The van der Waals surface area contributed by atoms with Gasteiger partial charge in [0, 0.05) is 9.50 Å². The van der Waals surface area contributed by atoms with Crippen molar-refractivity contribution in [3.63, 3.8) is 0 Å². The molecule has 1 atom stereocenters. The SMILES string of the molecule is CCCNC(c1cc(C)cc(C)c1)c1ccc(Br)cc1Cl. The van der Waals surface area contributed by atoms with Crippen LogP contribution < -0.4 is 5.32 Å². The Morgan fingerprint density at radius 1 is 1.10 bits per heavy atom. The van der Waals surface area contributed by atoms with Crippen molar-refractivity contribution in [2.24, 2.45) is 0 Å². The van der Waals surface area contributed by atoms with Gasteiger partial charge in [0.05, 0.1) is 6.04 Å². The van der Waals surface area contributed by atoms with Gasteiger partial charge in [0.15, 0.2) is 0 Å². The Labute approximate surface area is 140 Å². The molecule has 21 heavy (non-hydrogen) atoms. The van der Waals surface area contributed by atoms with E-state index in [0.717, 1.165) is 28.0 Å². The molecule has 0 spiro atoms. The predicted octanol–water partition coefficient (Wildman–Crippen LogP) is 5.81. The Kier molecular flexibility index (Phi) is 5.86. The van der Waals surface area contributed by atoms with Crippen molar-refractivity contribution in [1.82, 2.24) is 5.32 Å². The quantitative estimate of drug-likeness (QED) is 0.704. The highest BCUT2D eigenvalue weighted by atomic mass is 79.9. The fourth-order valence-corrected chi connectivity index (χ4v) is 3.39. The third kappa shape index (κ3) is 4.32. The molecule has 1 nitrogen and oxygen atoms in total. The molecular weight excluding hydrogens is 346 g/mol. The number of rotatable bonds is 5. The molecule has 0 aliphatic rings. The minimum atomic E-state index is 0.129. The topological polar surface area (TPSA) is 12.0 Å². The Morgan fingerprint density at radius 2 is 1.76 bits per heavy atom. The predicted molar refractivity (Wildman–Crippen MR) is 95.2 cm³/mol. The van der Waals surface area contributed by atoms with Gasteiger partial charge < -0.3 is 5.32 Å². The zero-order chi connectivity index (χ0) is 15.4. The summed E-state index contributed by atoms with van der Waals surface area (Å²) in [6.45, 7) is 7.41. The fraction of sp³-hybridized carbons (Fsp3) is 0.333. The van der Waals surface area contributed by atoms with Crippen molar-refractivity contribution in [2.45, 2.75) is 33.2 Å². The van der Waals surface area contributed by atoms with E-state index in [1.54, 1.807) is 0 Å². The van der Waals surface area contributed by atoms with Gasteiger partial charge in [0.2, 0.25) is 0 Å². The molecule has 0 saturated heterocycles. The highest BCUT2D eigenvalue weighted by molar-refractivity contribution is 9.10. The summed E-state index contributed by atoms with van der Waals surface area (Å²) in [5, 5.41) is 4.41. The highest BCUT2D eigenvalue weighted by Crippen LogP contribution is 2.31. The maximum absolute atomic E-state index is 6.46. The van der Waals surface area contributed by atoms with E-state index in [2.05, 4.69) is 66.3 Å². The lowest BCUT2D eigenvalue weighted by molar-refractivity contribution is 0.598. The molecule has 0 radical (unpaired) electrons. The first kappa shape index (κ1) is 16.5. The maximum Gasteiger partial charge on any atom is 0.0591 e. The summed E-state index contributed by atoms with van der Waals surface area (Å²) in [4.78, 5) is 0. The Bertz CT molecular complexity index is 604. The second kappa shape index (κ2) is 7.44. The van der Waals surface area contributed by atoms with E-state index in [4.69, 9.17) is 11.6 Å². The van der Waals surface area contributed by atoms with Gasteiger partial charge in [-0.1, -0.05) is 69.8 Å². The van der Waals surface area contributed by atoms with Crippen molar-refractivity contribution in [1.29, 1.82) is 0 Å². The van der Waals surface area contributed by atoms with Crippen LogP contribution in [0.25, 0.3) is 0 Å². The maximum atomic E-state index is 6.46. The van der Waals surface area contributed by atoms with E-state index < -0.39 is 0 Å². The summed E-state index contributed by atoms with van der Waals surface area (Å²) in [7, 11) is 0. The van der Waals surface area contributed by atoms with Crippen molar-refractivity contribution in [3.05, 3.63) is 68.1 Å². The molecule has 0 aromatic heterocycles. The zero-order valence-electron chi connectivity index (χ0n) is 12.7. The second-order valence-electron chi connectivity index (χ2n) is 5.47. The van der Waals surface area contributed by atoms with Crippen LogP contribution in [0.3, 0.4) is 0 Å². The van der Waals surface area contributed by atoms with Gasteiger partial charge in [0.25, 0.3) is 0 Å². The average Bonchev–Trinajstić information content (AvgIpc) is 2.40. The minimum Gasteiger partial charge on any atom is -0.306 e. The molecule has 3 heteroatoms. The number of halogens is 2. The lowest BCUT2D eigenvalue weighted by Gasteiger charge is -2.22. The molecule has 2 aromatic carbocycles. The fourth-order valence-electron chi connectivity index (χ4n) is 2.61. The number of hydrogen-bond acceptors (Lipinski definition) is 1. The number of nitrogens with one attached hydrogen (secondary N) is 1. The van der Waals surface area contributed by atoms with Crippen LogP contribution in [0.2, 0.25) is 5.02 Å². The summed E-state index contributed by atoms with van der Waals surface area (Å²) in [6, 6.07) is 12.9. The largest absolute Gasteiger partial charge is 0.306 e. The van der Waals surface area contributed by atoms with Gasteiger partial charge in [-0.05, 0) is 50.1 Å². The average molecular weight is 367 g/mol. The number of aryl methyl sites for hydroxylation is 2. The Balaban J connectivity index is 2.46. The molecule has 1 N–H and O–H groups in total. The molecule has 0 amide bonds. The monoisotopic (exact) mass is 365 g/mol. The first-order valence-electron chi connectivity index (χ1n) is 7.27. The molecule has 2 rings (SSSR count). The van der Waals surface area contributed by atoms with Gasteiger partial charge in [0.1, 0.15) is 0 Å². The van der Waals surface area contributed by atoms with Gasteiger partial charge in [-0.15, -0.1) is 0 Å². The molecule has 0 fully saturated rings. The van der Waals surface area contributed by atoms with E-state index in [-0.39, 0.29) is 6.04 Å². The Hall–Kier alpha value is -0.830. The first-order chi connectivity index (χ1) is 10.0. The molecule has 1 unspecified atom stereocenters. The van der Waals surface area contributed by atoms with Crippen LogP contribution in [-0.4, -0.2) is 6.54 Å². The van der Waals surface area contributed by atoms with Crippen LogP contribution in [0.15, 0.2) is 40.9 Å². The van der Waals surface area contributed by atoms with Crippen LogP contribution in [-0.2, 0) is 0 Å². The molecule has 0 aliphatic heterocycles. The lowest BCUT2D eigenvalue weighted by atomic mass is 9.95. The Morgan fingerprint density at radius 3 is 2.33 bits per heavy atom. The van der Waals surface area contributed by atoms with E-state index in [1.807, 2.05) is 12.1 Å². The number of benzene rings is 2. The van der Waals surface area contributed by atoms with Gasteiger partial charge in [-0.2, -0.15) is 0 Å². The summed E-state index contributed by atoms with van der Waals surface area (Å²) >= 11 is 9.94. The van der Waals surface area contributed by atoms with Gasteiger partial charge >= 0.3 is 0 Å². The minimum absolute atomic E-state index is 0.129. The van der Waals surface area contributed by atoms with E-state index in [9.17, 15) is 0 Å². The van der Waals surface area contributed by atoms with Crippen molar-refractivity contribution in [2.75, 3.05) is 6.54 Å². The smallest absolute Gasteiger partial charge is 0.0591 e. The van der Waals surface area contributed by atoms with E-state index in [1.165, 1.54) is 16.7 Å². The zero-order valence-corrected chi connectivity index (χ0v) is 15.1. The first-order valence-corrected chi connectivity index (χ1v) is 8.45. The molecule has 112 valence electrons. The normalized spacial score (nSPS) is 12.4. The van der Waals surface area contributed by atoms with E-state index >= 15 is 0 Å². The van der Waals surface area contributed by atoms with Crippen molar-refractivity contribution >= 4 is 27.5 Å². The van der Waals surface area contributed by atoms with Crippen molar-refractivity contribution < 1.29 is 0 Å². The highest BCUT2D eigenvalue weighted by Gasteiger charge is 2.17. The molecule has 0 aliphatic carbocycles. The van der Waals surface area contributed by atoms with Crippen LogP contribution >= 0.6 is 27.5 Å². The van der Waals surface area contributed by atoms with E-state index in [0.29, 0.717) is 0 Å². The standard InChI is InChI=1S/C18H21BrClN/c1-4-7-21-18(14-9-12(2)8-13(3)10-14)16-6-5-15(19)11-17(16)20/h5-6,8-11,18,21H,4,7H2,1-3H3. The lowest BCUT2D eigenvalue weighted by Crippen LogP contribution is -2.23. The molecular formula is C18H21BrClN. The molecule has 2 aromatic rings. The summed E-state index contributed by atoms with van der Waals surface area (Å²) in [6.07, 6.45) is 1.09. The summed E-state index contributed by atoms with van der Waals surface area (Å²) < 4.78 is 1.01.